The van der Waals surface area contributed by atoms with Gasteiger partial charge in [0.2, 0.25) is 6.29 Å². The third-order valence-electron chi connectivity index (χ3n) is 2.12. The van der Waals surface area contributed by atoms with Crippen molar-refractivity contribution < 1.29 is 19.0 Å². The highest BCUT2D eigenvalue weighted by molar-refractivity contribution is 9.11. The molecule has 2 aliphatic rings. The number of hydrogen-bond acceptors (Lipinski definition) is 4. The van der Waals surface area contributed by atoms with Crippen LogP contribution in [0, 0.1) is 0 Å². The van der Waals surface area contributed by atoms with Crippen molar-refractivity contribution in [3.8, 4) is 0 Å². The van der Waals surface area contributed by atoms with E-state index in [1.807, 2.05) is 0 Å². The summed E-state index contributed by atoms with van der Waals surface area (Å²) in [4.78, 5) is 10.9. The monoisotopic (exact) mass is 262 g/mol. The summed E-state index contributed by atoms with van der Waals surface area (Å²) in [6.07, 6.45) is 3.52. The van der Waals surface area contributed by atoms with Gasteiger partial charge < -0.3 is 14.2 Å². The molecule has 0 aromatic rings. The summed E-state index contributed by atoms with van der Waals surface area (Å²) in [5, 5.41) is 0. The molecule has 2 rings (SSSR count). The van der Waals surface area contributed by atoms with Crippen LogP contribution in [0.2, 0.25) is 0 Å². The fourth-order valence-corrected chi connectivity index (χ4v) is 1.81. The van der Waals surface area contributed by atoms with Gasteiger partial charge in [-0.3, -0.25) is 0 Å². The van der Waals surface area contributed by atoms with E-state index >= 15 is 0 Å². The van der Waals surface area contributed by atoms with E-state index in [-0.39, 0.29) is 12.3 Å². The van der Waals surface area contributed by atoms with Crippen LogP contribution in [0.15, 0.2) is 10.6 Å². The molecule has 1 saturated heterocycles. The van der Waals surface area contributed by atoms with Crippen LogP contribution in [0.4, 0.5) is 0 Å². The topological polar surface area (TPSA) is 44.8 Å². The van der Waals surface area contributed by atoms with Gasteiger partial charge in [-0.15, -0.1) is 0 Å². The van der Waals surface area contributed by atoms with Gasteiger partial charge in [-0.25, -0.2) is 4.79 Å². The van der Waals surface area contributed by atoms with Gasteiger partial charge in [0.1, 0.15) is 0 Å². The maximum absolute atomic E-state index is 10.9. The number of cyclic esters (lactones) is 1. The van der Waals surface area contributed by atoms with Crippen molar-refractivity contribution in [3.63, 3.8) is 0 Å². The Morgan fingerprint density at radius 2 is 2.36 bits per heavy atom. The summed E-state index contributed by atoms with van der Waals surface area (Å²) in [5.74, 6) is -0.377. The summed E-state index contributed by atoms with van der Waals surface area (Å²) in [6.45, 7) is 0.715. The van der Waals surface area contributed by atoms with Crippen LogP contribution >= 0.6 is 15.9 Å². The average molecular weight is 263 g/mol. The zero-order chi connectivity index (χ0) is 9.97. The van der Waals surface area contributed by atoms with Crippen LogP contribution in [0.25, 0.3) is 0 Å². The van der Waals surface area contributed by atoms with Gasteiger partial charge in [0.25, 0.3) is 0 Å². The standard InChI is InChI=1S/C9H11BrO4/c10-6-5-7(11)13-9(6)14-8-3-1-2-4-12-8/h5,8-9H,1-4H2. The third-order valence-corrected chi connectivity index (χ3v) is 2.72. The van der Waals surface area contributed by atoms with Crippen molar-refractivity contribution in [1.82, 2.24) is 0 Å². The summed E-state index contributed by atoms with van der Waals surface area (Å²) in [7, 11) is 0. The van der Waals surface area contributed by atoms with Crippen LogP contribution in [0.5, 0.6) is 0 Å². The third kappa shape index (κ3) is 2.34. The highest BCUT2D eigenvalue weighted by atomic mass is 79.9. The second-order valence-electron chi connectivity index (χ2n) is 3.23. The van der Waals surface area contributed by atoms with E-state index in [1.165, 1.54) is 6.08 Å². The first kappa shape index (κ1) is 10.1. The van der Waals surface area contributed by atoms with E-state index < -0.39 is 6.29 Å². The molecule has 0 aliphatic carbocycles. The molecule has 2 heterocycles. The number of esters is 1. The summed E-state index contributed by atoms with van der Waals surface area (Å²) < 4.78 is 16.3. The lowest BCUT2D eigenvalue weighted by atomic mass is 10.2. The molecule has 1 fully saturated rings. The highest BCUT2D eigenvalue weighted by Crippen LogP contribution is 2.25. The number of halogens is 1. The van der Waals surface area contributed by atoms with Crippen LogP contribution in [-0.4, -0.2) is 25.2 Å². The van der Waals surface area contributed by atoms with Gasteiger partial charge in [0, 0.05) is 12.7 Å². The number of carbonyl (C=O) groups is 1. The lowest BCUT2D eigenvalue weighted by Crippen LogP contribution is -2.28. The lowest BCUT2D eigenvalue weighted by Gasteiger charge is -2.25. The Kier molecular flexibility index (Phi) is 3.20. The minimum Gasteiger partial charge on any atom is -0.427 e. The molecule has 5 heteroatoms. The summed E-state index contributed by atoms with van der Waals surface area (Å²) in [6, 6.07) is 0. The van der Waals surface area contributed by atoms with Crippen LogP contribution in [0.1, 0.15) is 19.3 Å². The second kappa shape index (κ2) is 4.42. The molecule has 78 valence electrons. The average Bonchev–Trinajstić information content (AvgIpc) is 2.47. The molecule has 2 atom stereocenters. The zero-order valence-electron chi connectivity index (χ0n) is 7.57. The maximum atomic E-state index is 10.9. The van der Waals surface area contributed by atoms with Gasteiger partial charge in [-0.2, -0.15) is 0 Å². The smallest absolute Gasteiger partial charge is 0.334 e. The molecule has 0 saturated carbocycles. The number of rotatable bonds is 2. The minimum absolute atomic E-state index is 0.249. The molecule has 0 amide bonds. The van der Waals surface area contributed by atoms with Crippen molar-refractivity contribution >= 4 is 21.9 Å². The molecule has 0 aromatic heterocycles. The van der Waals surface area contributed by atoms with Crippen molar-refractivity contribution in [2.24, 2.45) is 0 Å². The van der Waals surface area contributed by atoms with E-state index in [2.05, 4.69) is 15.9 Å². The van der Waals surface area contributed by atoms with E-state index in [0.717, 1.165) is 19.3 Å². The second-order valence-corrected chi connectivity index (χ2v) is 4.15. The van der Waals surface area contributed by atoms with Gasteiger partial charge in [0.05, 0.1) is 4.48 Å². The quantitative estimate of drug-likeness (QED) is 0.711. The fourth-order valence-electron chi connectivity index (χ4n) is 1.43. The van der Waals surface area contributed by atoms with E-state index in [4.69, 9.17) is 14.2 Å². The Bertz CT molecular complexity index is 258. The molecular formula is C9H11BrO4. The zero-order valence-corrected chi connectivity index (χ0v) is 9.16. The van der Waals surface area contributed by atoms with Crippen molar-refractivity contribution in [2.75, 3.05) is 6.61 Å². The Labute approximate surface area is 90.3 Å². The molecular weight excluding hydrogens is 252 g/mol. The van der Waals surface area contributed by atoms with Crippen LogP contribution in [-0.2, 0) is 19.0 Å². The molecule has 0 N–H and O–H groups in total. The molecule has 0 spiro atoms. The summed E-state index contributed by atoms with van der Waals surface area (Å²) in [5.41, 5.74) is 0. The number of carbonyl (C=O) groups excluding carboxylic acids is 1. The number of hydrogen-bond donors (Lipinski definition) is 0. The van der Waals surface area contributed by atoms with Crippen molar-refractivity contribution in [2.45, 2.75) is 31.8 Å². The Balaban J connectivity index is 1.85. The molecule has 2 aliphatic heterocycles. The van der Waals surface area contributed by atoms with Gasteiger partial charge >= 0.3 is 5.97 Å². The Hall–Kier alpha value is -0.390. The molecule has 0 radical (unpaired) electrons. The van der Waals surface area contributed by atoms with Crippen LogP contribution < -0.4 is 0 Å². The van der Waals surface area contributed by atoms with Gasteiger partial charge in [-0.1, -0.05) is 0 Å². The summed E-state index contributed by atoms with van der Waals surface area (Å²) >= 11 is 3.21. The van der Waals surface area contributed by atoms with Gasteiger partial charge in [-0.05, 0) is 35.2 Å². The van der Waals surface area contributed by atoms with Crippen molar-refractivity contribution in [3.05, 3.63) is 10.6 Å². The van der Waals surface area contributed by atoms with Crippen LogP contribution in [0.3, 0.4) is 0 Å². The molecule has 14 heavy (non-hydrogen) atoms. The Morgan fingerprint density at radius 3 is 2.93 bits per heavy atom. The van der Waals surface area contributed by atoms with E-state index in [0.29, 0.717) is 11.1 Å². The maximum Gasteiger partial charge on any atom is 0.334 e. The predicted molar refractivity (Wildman–Crippen MR) is 51.6 cm³/mol. The number of ether oxygens (including phenoxy) is 3. The molecule has 0 bridgehead atoms. The molecule has 2 unspecified atom stereocenters. The molecule has 4 nitrogen and oxygen atoms in total. The van der Waals surface area contributed by atoms with Crippen molar-refractivity contribution in [1.29, 1.82) is 0 Å². The first-order valence-corrected chi connectivity index (χ1v) is 5.40. The first-order valence-electron chi connectivity index (χ1n) is 4.60. The van der Waals surface area contributed by atoms with E-state index in [9.17, 15) is 4.79 Å². The first-order chi connectivity index (χ1) is 6.75. The van der Waals surface area contributed by atoms with E-state index in [1.54, 1.807) is 0 Å². The minimum atomic E-state index is -0.620. The normalized spacial score (nSPS) is 32.6. The predicted octanol–water partition coefficient (Wildman–Crippen LogP) is 1.69. The largest absolute Gasteiger partial charge is 0.427 e. The van der Waals surface area contributed by atoms with Gasteiger partial charge in [0.15, 0.2) is 6.29 Å². The lowest BCUT2D eigenvalue weighted by molar-refractivity contribution is -0.230. The Morgan fingerprint density at radius 1 is 1.50 bits per heavy atom. The fraction of sp³-hybridized carbons (Fsp3) is 0.667. The highest BCUT2D eigenvalue weighted by Gasteiger charge is 2.29. The SMILES string of the molecule is O=C1C=C(Br)C(OC2CCCCO2)O1. The molecule has 0 aromatic carbocycles.